The van der Waals surface area contributed by atoms with Crippen LogP contribution in [-0.4, -0.2) is 32.8 Å². The SMILES string of the molecule is c1ccc(N2CCCC(c3nncn3C3CC3)C2)nc1. The van der Waals surface area contributed by atoms with Crippen LogP contribution >= 0.6 is 0 Å². The van der Waals surface area contributed by atoms with Gasteiger partial charge in [-0.3, -0.25) is 0 Å². The summed E-state index contributed by atoms with van der Waals surface area (Å²) in [6.45, 7) is 2.09. The Morgan fingerprint density at radius 3 is 2.90 bits per heavy atom. The van der Waals surface area contributed by atoms with Crippen LogP contribution in [0.4, 0.5) is 5.82 Å². The maximum atomic E-state index is 4.47. The largest absolute Gasteiger partial charge is 0.356 e. The first kappa shape index (κ1) is 11.9. The van der Waals surface area contributed by atoms with E-state index >= 15 is 0 Å². The normalized spacial score (nSPS) is 23.0. The fraction of sp³-hybridized carbons (Fsp3) is 0.533. The Hall–Kier alpha value is -1.91. The number of aromatic nitrogens is 4. The third-order valence-electron chi connectivity index (χ3n) is 4.30. The molecule has 5 nitrogen and oxygen atoms in total. The van der Waals surface area contributed by atoms with Crippen LogP contribution in [-0.2, 0) is 0 Å². The fourth-order valence-corrected chi connectivity index (χ4v) is 3.11. The van der Waals surface area contributed by atoms with Crippen molar-refractivity contribution in [1.82, 2.24) is 19.7 Å². The third-order valence-corrected chi connectivity index (χ3v) is 4.30. The molecule has 2 fully saturated rings. The molecule has 0 spiro atoms. The highest BCUT2D eigenvalue weighted by atomic mass is 15.3. The van der Waals surface area contributed by atoms with E-state index in [1.54, 1.807) is 0 Å². The van der Waals surface area contributed by atoms with E-state index in [1.807, 2.05) is 18.6 Å². The Bertz CT molecular complexity index is 575. The van der Waals surface area contributed by atoms with Crippen LogP contribution < -0.4 is 4.90 Å². The smallest absolute Gasteiger partial charge is 0.137 e. The van der Waals surface area contributed by atoms with E-state index in [4.69, 9.17) is 0 Å². The standard InChI is InChI=1S/C15H19N5/c1-2-8-16-14(5-1)19-9-3-4-12(10-19)15-18-17-11-20(15)13-6-7-13/h1-2,5,8,11-13H,3-4,6-7,9-10H2. The van der Waals surface area contributed by atoms with Gasteiger partial charge in [-0.2, -0.15) is 0 Å². The van der Waals surface area contributed by atoms with E-state index < -0.39 is 0 Å². The maximum Gasteiger partial charge on any atom is 0.137 e. The predicted octanol–water partition coefficient (Wildman–Crippen LogP) is 2.39. The minimum absolute atomic E-state index is 0.480. The van der Waals surface area contributed by atoms with Crippen LogP contribution in [0.2, 0.25) is 0 Å². The highest BCUT2D eigenvalue weighted by Gasteiger charge is 2.31. The number of hydrogen-bond donors (Lipinski definition) is 0. The van der Waals surface area contributed by atoms with E-state index in [9.17, 15) is 0 Å². The van der Waals surface area contributed by atoms with Gasteiger partial charge in [0.25, 0.3) is 0 Å². The zero-order valence-corrected chi connectivity index (χ0v) is 11.5. The minimum atomic E-state index is 0.480. The van der Waals surface area contributed by atoms with Crippen molar-refractivity contribution in [2.75, 3.05) is 18.0 Å². The third kappa shape index (κ3) is 2.17. The number of nitrogens with zero attached hydrogens (tertiary/aromatic N) is 5. The quantitative estimate of drug-likeness (QED) is 0.858. The van der Waals surface area contributed by atoms with Gasteiger partial charge in [0.05, 0.1) is 0 Å². The van der Waals surface area contributed by atoms with Crippen LogP contribution in [0.5, 0.6) is 0 Å². The molecule has 2 aromatic heterocycles. The van der Waals surface area contributed by atoms with Gasteiger partial charge in [-0.25, -0.2) is 4.98 Å². The van der Waals surface area contributed by atoms with Crippen molar-refractivity contribution in [3.8, 4) is 0 Å². The van der Waals surface area contributed by atoms with Crippen molar-refractivity contribution >= 4 is 5.82 Å². The Morgan fingerprint density at radius 1 is 1.15 bits per heavy atom. The first-order valence-electron chi connectivity index (χ1n) is 7.47. The molecule has 3 heterocycles. The zero-order valence-electron chi connectivity index (χ0n) is 11.5. The second-order valence-corrected chi connectivity index (χ2v) is 5.80. The number of rotatable bonds is 3. The summed E-state index contributed by atoms with van der Waals surface area (Å²) in [4.78, 5) is 6.85. The first-order chi connectivity index (χ1) is 9.92. The predicted molar refractivity (Wildman–Crippen MR) is 76.7 cm³/mol. The first-order valence-corrected chi connectivity index (χ1v) is 7.47. The molecule has 2 aromatic rings. The van der Waals surface area contributed by atoms with Crippen LogP contribution in [0, 0.1) is 0 Å². The molecule has 1 aliphatic heterocycles. The molecule has 0 amide bonds. The topological polar surface area (TPSA) is 46.8 Å². The van der Waals surface area contributed by atoms with Crippen molar-refractivity contribution in [2.24, 2.45) is 0 Å². The van der Waals surface area contributed by atoms with Gasteiger partial charge < -0.3 is 9.47 Å². The average Bonchev–Trinajstić information content (AvgIpc) is 3.25. The van der Waals surface area contributed by atoms with Gasteiger partial charge in [0.15, 0.2) is 0 Å². The van der Waals surface area contributed by atoms with Gasteiger partial charge >= 0.3 is 0 Å². The van der Waals surface area contributed by atoms with Crippen LogP contribution in [0.15, 0.2) is 30.7 Å². The summed E-state index contributed by atoms with van der Waals surface area (Å²) in [7, 11) is 0. The molecule has 104 valence electrons. The summed E-state index contributed by atoms with van der Waals surface area (Å²) in [6.07, 6.45) is 8.73. The number of hydrogen-bond acceptors (Lipinski definition) is 4. The maximum absolute atomic E-state index is 4.47. The van der Waals surface area contributed by atoms with Gasteiger partial charge in [-0.05, 0) is 37.8 Å². The lowest BCUT2D eigenvalue weighted by atomic mass is 9.97. The molecule has 1 aliphatic carbocycles. The highest BCUT2D eigenvalue weighted by molar-refractivity contribution is 5.39. The Labute approximate surface area is 118 Å². The van der Waals surface area contributed by atoms with Crippen molar-refractivity contribution in [2.45, 2.75) is 37.6 Å². The van der Waals surface area contributed by atoms with Crippen molar-refractivity contribution in [3.63, 3.8) is 0 Å². The molecular weight excluding hydrogens is 250 g/mol. The van der Waals surface area contributed by atoms with E-state index in [2.05, 4.69) is 36.8 Å². The minimum Gasteiger partial charge on any atom is -0.356 e. The lowest BCUT2D eigenvalue weighted by Crippen LogP contribution is -2.35. The van der Waals surface area contributed by atoms with E-state index in [1.165, 1.54) is 31.5 Å². The van der Waals surface area contributed by atoms with E-state index in [0.717, 1.165) is 18.9 Å². The molecule has 1 saturated heterocycles. The molecule has 2 aliphatic rings. The lowest BCUT2D eigenvalue weighted by molar-refractivity contribution is 0.469. The van der Waals surface area contributed by atoms with Crippen LogP contribution in [0.1, 0.15) is 43.5 Å². The van der Waals surface area contributed by atoms with Crippen molar-refractivity contribution in [1.29, 1.82) is 0 Å². The lowest BCUT2D eigenvalue weighted by Gasteiger charge is -2.33. The second kappa shape index (κ2) is 4.89. The zero-order chi connectivity index (χ0) is 13.4. The molecule has 0 radical (unpaired) electrons. The molecule has 20 heavy (non-hydrogen) atoms. The summed E-state index contributed by atoms with van der Waals surface area (Å²) in [5.74, 6) is 2.73. The summed E-state index contributed by atoms with van der Waals surface area (Å²) in [5, 5.41) is 8.53. The van der Waals surface area contributed by atoms with Gasteiger partial charge in [-0.15, -0.1) is 10.2 Å². The van der Waals surface area contributed by atoms with Gasteiger partial charge in [0, 0.05) is 31.2 Å². The van der Waals surface area contributed by atoms with E-state index in [-0.39, 0.29) is 0 Å². The molecule has 0 aromatic carbocycles. The Balaban J connectivity index is 1.56. The molecule has 0 bridgehead atoms. The fourth-order valence-electron chi connectivity index (χ4n) is 3.11. The highest BCUT2D eigenvalue weighted by Crippen LogP contribution is 2.38. The monoisotopic (exact) mass is 269 g/mol. The molecule has 4 rings (SSSR count). The Kier molecular flexibility index (Phi) is 2.90. The number of pyridine rings is 1. The molecule has 0 N–H and O–H groups in total. The molecule has 5 heteroatoms. The van der Waals surface area contributed by atoms with Crippen molar-refractivity contribution in [3.05, 3.63) is 36.5 Å². The van der Waals surface area contributed by atoms with E-state index in [0.29, 0.717) is 12.0 Å². The van der Waals surface area contributed by atoms with Gasteiger partial charge in [0.1, 0.15) is 18.0 Å². The molecule has 1 saturated carbocycles. The number of piperidine rings is 1. The van der Waals surface area contributed by atoms with Gasteiger partial charge in [0.2, 0.25) is 0 Å². The number of anilines is 1. The summed E-state index contributed by atoms with van der Waals surface area (Å²) < 4.78 is 2.30. The molecule has 1 atom stereocenters. The van der Waals surface area contributed by atoms with Crippen LogP contribution in [0.25, 0.3) is 0 Å². The summed E-state index contributed by atoms with van der Waals surface area (Å²) in [6, 6.07) is 6.77. The summed E-state index contributed by atoms with van der Waals surface area (Å²) >= 11 is 0. The van der Waals surface area contributed by atoms with Gasteiger partial charge in [-0.1, -0.05) is 6.07 Å². The average molecular weight is 269 g/mol. The van der Waals surface area contributed by atoms with Crippen molar-refractivity contribution < 1.29 is 0 Å². The molecular formula is C15H19N5. The summed E-state index contributed by atoms with van der Waals surface area (Å²) in [5.41, 5.74) is 0. The molecule has 1 unspecified atom stereocenters. The second-order valence-electron chi connectivity index (χ2n) is 5.80. The van der Waals surface area contributed by atoms with Crippen LogP contribution in [0.3, 0.4) is 0 Å². The Morgan fingerprint density at radius 2 is 2.10 bits per heavy atom.